The summed E-state index contributed by atoms with van der Waals surface area (Å²) < 4.78 is 0. The van der Waals surface area contributed by atoms with Gasteiger partial charge in [-0.3, -0.25) is 0 Å². The zero-order chi connectivity index (χ0) is 10.2. The molecule has 0 aromatic heterocycles. The topological polar surface area (TPSA) is 70.0 Å². The molecular formula is C10H21AcN2O-. The Morgan fingerprint density at radius 3 is 2.21 bits per heavy atom. The van der Waals surface area contributed by atoms with Gasteiger partial charge in [0.1, 0.15) is 0 Å². The van der Waals surface area contributed by atoms with E-state index >= 15 is 0 Å². The average molecular weight is 412 g/mol. The molecule has 14 heavy (non-hydrogen) atoms. The standard InChI is InChI=1S/C10H21N2O.Ac/c1-5(2)9(12)8-7(11)4-6(3)10(8)13;/h5-10,12-13H,4,11H2,1-3H3;/q-1;. The molecule has 3 nitrogen and oxygen atoms in total. The molecule has 0 aromatic carbocycles. The van der Waals surface area contributed by atoms with E-state index in [0.29, 0.717) is 0 Å². The van der Waals surface area contributed by atoms with Crippen molar-refractivity contribution in [1.29, 1.82) is 0 Å². The fourth-order valence-corrected chi connectivity index (χ4v) is 2.28. The van der Waals surface area contributed by atoms with Crippen molar-refractivity contribution in [3.8, 4) is 0 Å². The molecule has 1 rings (SSSR count). The predicted octanol–water partition coefficient (Wildman–Crippen LogP) is 1.41. The number of nitrogens with one attached hydrogen (secondary N) is 1. The van der Waals surface area contributed by atoms with E-state index < -0.39 is 0 Å². The Hall–Kier alpha value is 1.32. The van der Waals surface area contributed by atoms with Crippen LogP contribution in [-0.2, 0) is 0 Å². The van der Waals surface area contributed by atoms with Crippen LogP contribution >= 0.6 is 0 Å². The Morgan fingerprint density at radius 2 is 1.93 bits per heavy atom. The van der Waals surface area contributed by atoms with Gasteiger partial charge in [0.25, 0.3) is 0 Å². The first-order valence-corrected chi connectivity index (χ1v) is 5.10. The van der Waals surface area contributed by atoms with E-state index in [0.717, 1.165) is 6.42 Å². The molecule has 0 spiro atoms. The van der Waals surface area contributed by atoms with Gasteiger partial charge in [0.2, 0.25) is 0 Å². The molecular weight excluding hydrogens is 391 g/mol. The van der Waals surface area contributed by atoms with Gasteiger partial charge in [-0.1, -0.05) is 26.7 Å². The van der Waals surface area contributed by atoms with Crippen LogP contribution in [0.2, 0.25) is 0 Å². The number of aliphatic hydroxyl groups excluding tert-OH is 1. The molecule has 81 valence electrons. The Bertz CT molecular complexity index is 178. The van der Waals surface area contributed by atoms with Crippen LogP contribution in [0, 0.1) is 61.8 Å². The van der Waals surface area contributed by atoms with Crippen molar-refractivity contribution < 1.29 is 49.2 Å². The van der Waals surface area contributed by atoms with E-state index in [4.69, 9.17) is 11.5 Å². The van der Waals surface area contributed by atoms with Crippen molar-refractivity contribution in [1.82, 2.24) is 0 Å². The molecule has 4 heteroatoms. The average Bonchev–Trinajstić information content (AvgIpc) is 2.26. The summed E-state index contributed by atoms with van der Waals surface area (Å²) in [4.78, 5) is 0. The molecule has 1 aliphatic carbocycles. The van der Waals surface area contributed by atoms with E-state index in [2.05, 4.69) is 0 Å². The van der Waals surface area contributed by atoms with Gasteiger partial charge < -0.3 is 16.6 Å². The number of rotatable bonds is 2. The first kappa shape index (κ1) is 15.3. The minimum absolute atomic E-state index is 0. The molecule has 5 unspecified atom stereocenters. The second-order valence-electron chi connectivity index (χ2n) is 4.71. The second kappa shape index (κ2) is 6.15. The third-order valence-electron chi connectivity index (χ3n) is 3.25. The van der Waals surface area contributed by atoms with Gasteiger partial charge >= 0.3 is 0 Å². The van der Waals surface area contributed by atoms with Crippen LogP contribution < -0.4 is 5.73 Å². The summed E-state index contributed by atoms with van der Waals surface area (Å²) in [5.74, 6) is 0.498. The van der Waals surface area contributed by atoms with E-state index in [9.17, 15) is 5.11 Å². The van der Waals surface area contributed by atoms with E-state index in [1.807, 2.05) is 20.8 Å². The SMILES string of the molecule is CC(C)C([NH-])C1C(N)CC(C)C1O.[Ac]. The minimum atomic E-state index is -0.375. The molecule has 5 atom stereocenters. The van der Waals surface area contributed by atoms with Crippen LogP contribution in [0.3, 0.4) is 0 Å². The zero-order valence-corrected chi connectivity index (χ0v) is 14.0. The predicted molar refractivity (Wildman–Crippen MR) is 54.2 cm³/mol. The van der Waals surface area contributed by atoms with Gasteiger partial charge in [0.15, 0.2) is 0 Å². The molecule has 1 aliphatic rings. The molecule has 4 N–H and O–H groups in total. The maximum Gasteiger partial charge on any atom is 0.0595 e. The van der Waals surface area contributed by atoms with Gasteiger partial charge in [-0.05, 0) is 18.3 Å². The number of nitrogens with two attached hydrogens (primary N) is 1. The Morgan fingerprint density at radius 1 is 1.43 bits per heavy atom. The Kier molecular flexibility index (Phi) is 6.74. The molecule has 0 aliphatic heterocycles. The summed E-state index contributed by atoms with van der Waals surface area (Å²) in [6, 6.07) is -0.218. The van der Waals surface area contributed by atoms with Gasteiger partial charge in [-0.2, -0.15) is 0 Å². The maximum atomic E-state index is 9.85. The Labute approximate surface area is 123 Å². The van der Waals surface area contributed by atoms with Crippen molar-refractivity contribution >= 4 is 0 Å². The van der Waals surface area contributed by atoms with Crippen LogP contribution in [-0.4, -0.2) is 23.3 Å². The van der Waals surface area contributed by atoms with E-state index in [-0.39, 0.29) is 80.0 Å². The molecule has 0 bridgehead atoms. The third-order valence-corrected chi connectivity index (χ3v) is 3.25. The minimum Gasteiger partial charge on any atom is -0.674 e. The molecule has 0 heterocycles. The summed E-state index contributed by atoms with van der Waals surface area (Å²) in [6.07, 6.45) is 0.480. The zero-order valence-electron chi connectivity index (χ0n) is 9.27. The number of hydrogen-bond donors (Lipinski definition) is 2. The first-order valence-electron chi connectivity index (χ1n) is 5.10. The molecule has 1 saturated carbocycles. The summed E-state index contributed by atoms with van der Waals surface area (Å²) in [6.45, 7) is 6.04. The van der Waals surface area contributed by atoms with Crippen LogP contribution in [0.1, 0.15) is 27.2 Å². The second-order valence-corrected chi connectivity index (χ2v) is 4.71. The van der Waals surface area contributed by atoms with Gasteiger partial charge in [0.05, 0.1) is 6.10 Å². The van der Waals surface area contributed by atoms with Crippen LogP contribution in [0.4, 0.5) is 0 Å². The molecule has 0 amide bonds. The van der Waals surface area contributed by atoms with E-state index in [1.54, 1.807) is 0 Å². The molecule has 1 radical (unpaired) electrons. The van der Waals surface area contributed by atoms with Crippen LogP contribution in [0.15, 0.2) is 0 Å². The normalized spacial score (nSPS) is 39.6. The summed E-state index contributed by atoms with van der Waals surface area (Å²) >= 11 is 0. The first-order chi connectivity index (χ1) is 5.95. The monoisotopic (exact) mass is 412 g/mol. The Balaban J connectivity index is 0.00000169. The van der Waals surface area contributed by atoms with Crippen molar-refractivity contribution in [3.63, 3.8) is 0 Å². The largest absolute Gasteiger partial charge is 0.674 e. The summed E-state index contributed by atoms with van der Waals surface area (Å²) in [5, 5.41) is 9.85. The molecule has 0 aromatic rings. The van der Waals surface area contributed by atoms with Crippen molar-refractivity contribution in [3.05, 3.63) is 5.73 Å². The number of hydrogen-bond acceptors (Lipinski definition) is 2. The fourth-order valence-electron chi connectivity index (χ4n) is 2.28. The van der Waals surface area contributed by atoms with Gasteiger partial charge in [0, 0.05) is 50.1 Å². The fraction of sp³-hybridized carbons (Fsp3) is 1.00. The number of aliphatic hydroxyl groups is 1. The molecule has 0 saturated heterocycles. The quantitative estimate of drug-likeness (QED) is 0.720. The van der Waals surface area contributed by atoms with Crippen molar-refractivity contribution in [2.24, 2.45) is 23.5 Å². The summed E-state index contributed by atoms with van der Waals surface area (Å²) in [7, 11) is 0. The third kappa shape index (κ3) is 3.15. The van der Waals surface area contributed by atoms with Crippen molar-refractivity contribution in [2.45, 2.75) is 45.4 Å². The van der Waals surface area contributed by atoms with Gasteiger partial charge in [-0.25, -0.2) is 0 Å². The van der Waals surface area contributed by atoms with Gasteiger partial charge in [-0.15, -0.1) is 6.04 Å². The smallest absolute Gasteiger partial charge is 0.0595 e. The van der Waals surface area contributed by atoms with Crippen molar-refractivity contribution in [2.75, 3.05) is 0 Å². The van der Waals surface area contributed by atoms with Crippen LogP contribution in [0.5, 0.6) is 0 Å². The van der Waals surface area contributed by atoms with E-state index in [1.165, 1.54) is 0 Å². The summed E-state index contributed by atoms with van der Waals surface area (Å²) in [5.41, 5.74) is 13.9. The maximum absolute atomic E-state index is 9.85. The van der Waals surface area contributed by atoms with Crippen LogP contribution in [0.25, 0.3) is 5.73 Å². The molecule has 1 fully saturated rings.